The van der Waals surface area contributed by atoms with Gasteiger partial charge in [0, 0.05) is 12.1 Å². The van der Waals surface area contributed by atoms with Gasteiger partial charge in [-0.15, -0.1) is 0 Å². The number of nitrogens with one attached hydrogen (secondary N) is 1. The molecule has 0 unspecified atom stereocenters. The molecule has 0 saturated carbocycles. The Morgan fingerprint density at radius 3 is 2.56 bits per heavy atom. The lowest BCUT2D eigenvalue weighted by Crippen LogP contribution is -2.31. The third kappa shape index (κ3) is 5.19. The number of benzene rings is 1. The number of rotatable bonds is 5. The largest absolute Gasteiger partial charge is 0.496 e. The lowest BCUT2D eigenvalue weighted by atomic mass is 10.2. The molecule has 0 spiro atoms. The number of amides is 1. The summed E-state index contributed by atoms with van der Waals surface area (Å²) in [5.74, 6) is 0.644. The van der Waals surface area contributed by atoms with Crippen molar-refractivity contribution >= 4 is 5.91 Å². The Balaban J connectivity index is 2.43. The van der Waals surface area contributed by atoms with Gasteiger partial charge in [0.1, 0.15) is 12.4 Å². The number of carbonyl (C=O) groups excluding carboxylic acids is 1. The van der Waals surface area contributed by atoms with Gasteiger partial charge in [-0.25, -0.2) is 0 Å². The molecule has 0 atom stereocenters. The zero-order valence-corrected chi connectivity index (χ0v) is 11.4. The van der Waals surface area contributed by atoms with Gasteiger partial charge in [0.05, 0.1) is 12.7 Å². The highest BCUT2D eigenvalue weighted by molar-refractivity contribution is 5.77. The Bertz CT molecular complexity index is 396. The number of ether oxygens (including phenoxy) is 2. The molecule has 1 amide bonds. The number of hydrogen-bond acceptors (Lipinski definition) is 3. The van der Waals surface area contributed by atoms with Crippen LogP contribution in [0.4, 0.5) is 0 Å². The fourth-order valence-electron chi connectivity index (χ4n) is 1.38. The fraction of sp³-hybridized carbons (Fsp3) is 0.500. The van der Waals surface area contributed by atoms with Crippen LogP contribution in [0.5, 0.6) is 5.75 Å². The Kier molecular flexibility index (Phi) is 5.16. The summed E-state index contributed by atoms with van der Waals surface area (Å²) in [4.78, 5) is 11.6. The summed E-state index contributed by atoms with van der Waals surface area (Å²) in [5.41, 5.74) is 0.644. The van der Waals surface area contributed by atoms with Crippen LogP contribution in [0.2, 0.25) is 0 Å². The lowest BCUT2D eigenvalue weighted by molar-refractivity contribution is -0.130. The van der Waals surface area contributed by atoms with Crippen molar-refractivity contribution in [1.29, 1.82) is 0 Å². The van der Waals surface area contributed by atoms with Crippen LogP contribution in [0.3, 0.4) is 0 Å². The molecule has 0 aliphatic rings. The molecular formula is C14H21NO3. The van der Waals surface area contributed by atoms with Crippen molar-refractivity contribution in [3.8, 4) is 5.75 Å². The van der Waals surface area contributed by atoms with E-state index in [1.54, 1.807) is 7.11 Å². The Labute approximate surface area is 108 Å². The monoisotopic (exact) mass is 251 g/mol. The molecule has 0 bridgehead atoms. The molecule has 1 rings (SSSR count). The number of methoxy groups -OCH3 is 1. The molecule has 1 aromatic rings. The van der Waals surface area contributed by atoms with E-state index in [-0.39, 0.29) is 18.1 Å². The number of hydrogen-bond donors (Lipinski definition) is 1. The molecule has 100 valence electrons. The summed E-state index contributed by atoms with van der Waals surface area (Å²) >= 11 is 0. The zero-order valence-electron chi connectivity index (χ0n) is 11.4. The van der Waals surface area contributed by atoms with E-state index in [4.69, 9.17) is 9.47 Å². The minimum absolute atomic E-state index is 0.0681. The Morgan fingerprint density at radius 1 is 1.28 bits per heavy atom. The van der Waals surface area contributed by atoms with Crippen LogP contribution in [0.25, 0.3) is 0 Å². The second-order valence-electron chi connectivity index (χ2n) is 4.99. The van der Waals surface area contributed by atoms with E-state index in [0.717, 1.165) is 11.3 Å². The van der Waals surface area contributed by atoms with Gasteiger partial charge in [-0.3, -0.25) is 4.79 Å². The minimum atomic E-state index is -0.304. The van der Waals surface area contributed by atoms with E-state index in [2.05, 4.69) is 5.32 Å². The predicted octanol–water partition coefficient (Wildman–Crippen LogP) is 2.13. The topological polar surface area (TPSA) is 47.6 Å². The molecule has 0 fully saturated rings. The minimum Gasteiger partial charge on any atom is -0.496 e. The van der Waals surface area contributed by atoms with Crippen LogP contribution < -0.4 is 10.1 Å². The van der Waals surface area contributed by atoms with Gasteiger partial charge in [-0.1, -0.05) is 18.2 Å². The van der Waals surface area contributed by atoms with E-state index >= 15 is 0 Å². The molecule has 0 aliphatic carbocycles. The standard InChI is InChI=1S/C14H21NO3/c1-14(2,3)18-10-13(16)15-9-11-7-5-6-8-12(11)17-4/h5-8H,9-10H2,1-4H3,(H,15,16). The molecule has 0 aliphatic heterocycles. The third-order valence-corrected chi connectivity index (χ3v) is 2.30. The molecule has 1 N–H and O–H groups in total. The molecular weight excluding hydrogens is 230 g/mol. The van der Waals surface area contributed by atoms with Crippen LogP contribution >= 0.6 is 0 Å². The van der Waals surface area contributed by atoms with Gasteiger partial charge < -0.3 is 14.8 Å². The molecule has 0 radical (unpaired) electrons. The Hall–Kier alpha value is -1.55. The zero-order chi connectivity index (χ0) is 13.6. The van der Waals surface area contributed by atoms with Crippen LogP contribution in [0, 0.1) is 0 Å². The van der Waals surface area contributed by atoms with Crippen LogP contribution in [-0.4, -0.2) is 25.2 Å². The number of para-hydroxylation sites is 1. The van der Waals surface area contributed by atoms with Crippen molar-refractivity contribution in [2.75, 3.05) is 13.7 Å². The second-order valence-corrected chi connectivity index (χ2v) is 4.99. The van der Waals surface area contributed by atoms with E-state index < -0.39 is 0 Å². The highest BCUT2D eigenvalue weighted by Crippen LogP contribution is 2.16. The van der Waals surface area contributed by atoms with Gasteiger partial charge in [0.2, 0.25) is 5.91 Å². The van der Waals surface area contributed by atoms with Crippen molar-refractivity contribution in [2.45, 2.75) is 32.9 Å². The first-order valence-electron chi connectivity index (χ1n) is 5.95. The van der Waals surface area contributed by atoms with Crippen molar-refractivity contribution in [3.05, 3.63) is 29.8 Å². The smallest absolute Gasteiger partial charge is 0.246 e. The molecule has 4 nitrogen and oxygen atoms in total. The number of carbonyl (C=O) groups is 1. The maximum Gasteiger partial charge on any atom is 0.246 e. The quantitative estimate of drug-likeness (QED) is 0.872. The normalized spacial score (nSPS) is 11.1. The lowest BCUT2D eigenvalue weighted by Gasteiger charge is -2.19. The molecule has 4 heteroatoms. The van der Waals surface area contributed by atoms with E-state index in [9.17, 15) is 4.79 Å². The van der Waals surface area contributed by atoms with Crippen molar-refractivity contribution in [1.82, 2.24) is 5.32 Å². The van der Waals surface area contributed by atoms with E-state index in [0.29, 0.717) is 6.54 Å². The van der Waals surface area contributed by atoms with Gasteiger partial charge in [0.15, 0.2) is 0 Å². The second kappa shape index (κ2) is 6.40. The fourth-order valence-corrected chi connectivity index (χ4v) is 1.38. The maximum atomic E-state index is 11.6. The van der Waals surface area contributed by atoms with E-state index in [1.165, 1.54) is 0 Å². The molecule has 18 heavy (non-hydrogen) atoms. The summed E-state index contributed by atoms with van der Waals surface area (Å²) < 4.78 is 10.6. The highest BCUT2D eigenvalue weighted by atomic mass is 16.5. The van der Waals surface area contributed by atoms with Crippen LogP contribution in [-0.2, 0) is 16.1 Å². The predicted molar refractivity (Wildman–Crippen MR) is 70.5 cm³/mol. The summed E-state index contributed by atoms with van der Waals surface area (Å²) in [6.45, 7) is 6.26. The van der Waals surface area contributed by atoms with Gasteiger partial charge in [-0.05, 0) is 26.8 Å². The van der Waals surface area contributed by atoms with Crippen molar-refractivity contribution < 1.29 is 14.3 Å². The SMILES string of the molecule is COc1ccccc1CNC(=O)COC(C)(C)C. The maximum absolute atomic E-state index is 11.6. The first-order valence-corrected chi connectivity index (χ1v) is 5.95. The van der Waals surface area contributed by atoms with Gasteiger partial charge in [0.25, 0.3) is 0 Å². The summed E-state index contributed by atoms with van der Waals surface area (Å²) in [6.07, 6.45) is 0. The third-order valence-electron chi connectivity index (χ3n) is 2.30. The highest BCUT2D eigenvalue weighted by Gasteiger charge is 2.13. The molecule has 1 aromatic carbocycles. The summed E-state index contributed by atoms with van der Waals surface area (Å²) in [5, 5.41) is 2.80. The first kappa shape index (κ1) is 14.5. The molecule has 0 heterocycles. The average Bonchev–Trinajstić information content (AvgIpc) is 2.33. The van der Waals surface area contributed by atoms with Crippen molar-refractivity contribution in [3.63, 3.8) is 0 Å². The van der Waals surface area contributed by atoms with Gasteiger partial charge in [-0.2, -0.15) is 0 Å². The first-order chi connectivity index (χ1) is 8.42. The van der Waals surface area contributed by atoms with Crippen LogP contribution in [0.1, 0.15) is 26.3 Å². The average molecular weight is 251 g/mol. The molecule has 0 aromatic heterocycles. The van der Waals surface area contributed by atoms with Crippen molar-refractivity contribution in [2.24, 2.45) is 0 Å². The molecule has 0 saturated heterocycles. The van der Waals surface area contributed by atoms with Crippen LogP contribution in [0.15, 0.2) is 24.3 Å². The van der Waals surface area contributed by atoms with Gasteiger partial charge >= 0.3 is 0 Å². The van der Waals surface area contributed by atoms with E-state index in [1.807, 2.05) is 45.0 Å². The summed E-state index contributed by atoms with van der Waals surface area (Å²) in [6, 6.07) is 7.60. The summed E-state index contributed by atoms with van der Waals surface area (Å²) in [7, 11) is 1.61. The Morgan fingerprint density at radius 2 is 1.94 bits per heavy atom.